The van der Waals surface area contributed by atoms with Crippen molar-refractivity contribution in [2.75, 3.05) is 33.1 Å². The van der Waals surface area contributed by atoms with Crippen molar-refractivity contribution in [3.8, 4) is 5.75 Å². The van der Waals surface area contributed by atoms with E-state index in [0.717, 1.165) is 17.3 Å². The van der Waals surface area contributed by atoms with Crippen LogP contribution < -0.4 is 10.1 Å². The zero-order valence-electron chi connectivity index (χ0n) is 14.6. The summed E-state index contributed by atoms with van der Waals surface area (Å²) in [5.41, 5.74) is 0.527. The predicted molar refractivity (Wildman–Crippen MR) is 97.0 cm³/mol. The van der Waals surface area contributed by atoms with Gasteiger partial charge in [0.2, 0.25) is 5.95 Å². The van der Waals surface area contributed by atoms with Crippen molar-refractivity contribution >= 4 is 22.6 Å². The number of ether oxygens (including phenoxy) is 1. The van der Waals surface area contributed by atoms with Crippen LogP contribution in [0.4, 0.5) is 5.95 Å². The van der Waals surface area contributed by atoms with Gasteiger partial charge in [-0.1, -0.05) is 24.3 Å². The topological polar surface area (TPSA) is 72.3 Å². The molecule has 7 nitrogen and oxygen atoms in total. The highest BCUT2D eigenvalue weighted by molar-refractivity contribution is 6.14. The Hall–Kier alpha value is -2.93. The summed E-state index contributed by atoms with van der Waals surface area (Å²) in [4.78, 5) is 18.9. The molecule has 1 heterocycles. The summed E-state index contributed by atoms with van der Waals surface area (Å²) in [7, 11) is 5.58. The first-order valence-electron chi connectivity index (χ1n) is 8.00. The first-order chi connectivity index (χ1) is 12.1. The normalized spacial score (nSPS) is 11.0. The number of amides is 1. The van der Waals surface area contributed by atoms with Gasteiger partial charge in [0.05, 0.1) is 19.2 Å². The van der Waals surface area contributed by atoms with Gasteiger partial charge in [0.15, 0.2) is 0 Å². The second kappa shape index (κ2) is 7.31. The van der Waals surface area contributed by atoms with Crippen LogP contribution >= 0.6 is 0 Å². The summed E-state index contributed by atoms with van der Waals surface area (Å²) < 4.78 is 7.11. The Balaban J connectivity index is 1.83. The van der Waals surface area contributed by atoms with Crippen LogP contribution in [-0.2, 0) is 6.54 Å². The molecule has 0 aliphatic carbocycles. The minimum absolute atomic E-state index is 0.263. The molecule has 25 heavy (non-hydrogen) atoms. The summed E-state index contributed by atoms with van der Waals surface area (Å²) in [6.07, 6.45) is 1.61. The molecule has 0 aliphatic rings. The molecule has 3 rings (SSSR count). The van der Waals surface area contributed by atoms with E-state index in [2.05, 4.69) is 20.3 Å². The Kier molecular flexibility index (Phi) is 4.95. The number of rotatable bonds is 6. The Labute approximate surface area is 146 Å². The van der Waals surface area contributed by atoms with Crippen LogP contribution in [0.1, 0.15) is 10.4 Å². The number of benzene rings is 2. The summed E-state index contributed by atoms with van der Waals surface area (Å²) in [5.74, 6) is 0.684. The van der Waals surface area contributed by atoms with E-state index >= 15 is 0 Å². The number of carbonyl (C=O) groups is 1. The number of hydrogen-bond acceptors (Lipinski definition) is 5. The van der Waals surface area contributed by atoms with Gasteiger partial charge in [-0.2, -0.15) is 0 Å². The number of nitrogens with zero attached hydrogens (tertiary/aromatic N) is 4. The van der Waals surface area contributed by atoms with Crippen molar-refractivity contribution in [1.82, 2.24) is 19.7 Å². The van der Waals surface area contributed by atoms with Gasteiger partial charge in [0.25, 0.3) is 5.91 Å². The number of methoxy groups -OCH3 is 1. The van der Waals surface area contributed by atoms with Crippen molar-refractivity contribution in [3.63, 3.8) is 0 Å². The number of likely N-dealkylation sites (N-methyl/N-ethyl adjacent to an activating group) is 1. The zero-order valence-corrected chi connectivity index (χ0v) is 14.6. The molecule has 0 spiro atoms. The highest BCUT2D eigenvalue weighted by Crippen LogP contribution is 2.29. The highest BCUT2D eigenvalue weighted by Gasteiger charge is 2.15. The predicted octanol–water partition coefficient (Wildman–Crippen LogP) is 2.25. The third-order valence-corrected chi connectivity index (χ3v) is 3.87. The molecule has 0 saturated heterocycles. The van der Waals surface area contributed by atoms with Crippen LogP contribution in [0.15, 0.2) is 42.7 Å². The Morgan fingerprint density at radius 1 is 1.24 bits per heavy atom. The molecule has 0 fully saturated rings. The Morgan fingerprint density at radius 2 is 2.00 bits per heavy atom. The lowest BCUT2D eigenvalue weighted by molar-refractivity contribution is 0.102. The molecule has 0 atom stereocenters. The molecule has 0 saturated carbocycles. The van der Waals surface area contributed by atoms with Crippen molar-refractivity contribution in [2.24, 2.45) is 0 Å². The second-order valence-electron chi connectivity index (χ2n) is 5.95. The van der Waals surface area contributed by atoms with Gasteiger partial charge in [-0.05, 0) is 31.6 Å². The molecule has 1 amide bonds. The van der Waals surface area contributed by atoms with E-state index in [1.165, 1.54) is 0 Å². The van der Waals surface area contributed by atoms with Crippen LogP contribution in [0.3, 0.4) is 0 Å². The standard InChI is InChI=1S/C18H21N5O2/c1-22(2)10-11-23-12-19-18(21-23)20-17(24)14-8-4-6-13-7-5-9-15(25-3)16(13)14/h4-9,12H,10-11H2,1-3H3,(H,20,21,24). The Bertz CT molecular complexity index is 883. The van der Waals surface area contributed by atoms with Crippen LogP contribution in [0.5, 0.6) is 5.75 Å². The fourth-order valence-corrected chi connectivity index (χ4v) is 2.60. The van der Waals surface area contributed by atoms with Gasteiger partial charge < -0.3 is 9.64 Å². The van der Waals surface area contributed by atoms with Crippen molar-refractivity contribution in [3.05, 3.63) is 48.3 Å². The third-order valence-electron chi connectivity index (χ3n) is 3.87. The number of nitrogens with one attached hydrogen (secondary N) is 1. The lowest BCUT2D eigenvalue weighted by Gasteiger charge is -2.10. The van der Waals surface area contributed by atoms with Gasteiger partial charge in [0.1, 0.15) is 12.1 Å². The van der Waals surface area contributed by atoms with E-state index in [1.54, 1.807) is 24.2 Å². The van der Waals surface area contributed by atoms with Gasteiger partial charge in [-0.15, -0.1) is 5.10 Å². The average molecular weight is 339 g/mol. The second-order valence-corrected chi connectivity index (χ2v) is 5.95. The highest BCUT2D eigenvalue weighted by atomic mass is 16.5. The number of carbonyl (C=O) groups excluding carboxylic acids is 1. The van der Waals surface area contributed by atoms with Crippen molar-refractivity contribution in [1.29, 1.82) is 0 Å². The molecule has 0 aliphatic heterocycles. The molecule has 0 bridgehead atoms. The maximum absolute atomic E-state index is 12.7. The quantitative estimate of drug-likeness (QED) is 0.746. The summed E-state index contributed by atoms with van der Waals surface area (Å²) in [6, 6.07) is 11.2. The zero-order chi connectivity index (χ0) is 17.8. The number of hydrogen-bond donors (Lipinski definition) is 1. The lowest BCUT2D eigenvalue weighted by atomic mass is 10.0. The molecule has 1 aromatic heterocycles. The average Bonchev–Trinajstić information content (AvgIpc) is 3.06. The van der Waals surface area contributed by atoms with Gasteiger partial charge in [0, 0.05) is 11.9 Å². The maximum atomic E-state index is 12.7. The Morgan fingerprint density at radius 3 is 2.72 bits per heavy atom. The van der Waals surface area contributed by atoms with Crippen LogP contribution in [0.2, 0.25) is 0 Å². The molecular formula is C18H21N5O2. The molecule has 2 aromatic carbocycles. The third kappa shape index (κ3) is 3.77. The summed E-state index contributed by atoms with van der Waals surface area (Å²) >= 11 is 0. The smallest absolute Gasteiger partial charge is 0.258 e. The molecule has 0 unspecified atom stereocenters. The van der Waals surface area contributed by atoms with Gasteiger partial charge in [-0.25, -0.2) is 9.67 Å². The van der Waals surface area contributed by atoms with Crippen molar-refractivity contribution in [2.45, 2.75) is 6.54 Å². The van der Waals surface area contributed by atoms with E-state index in [1.807, 2.05) is 44.4 Å². The van der Waals surface area contributed by atoms with Crippen LogP contribution in [0.25, 0.3) is 10.8 Å². The molecule has 7 heteroatoms. The maximum Gasteiger partial charge on any atom is 0.258 e. The summed E-state index contributed by atoms with van der Waals surface area (Å²) in [5, 5.41) is 8.76. The van der Waals surface area contributed by atoms with Gasteiger partial charge >= 0.3 is 0 Å². The first-order valence-corrected chi connectivity index (χ1v) is 8.00. The fourth-order valence-electron chi connectivity index (χ4n) is 2.60. The van der Waals surface area contributed by atoms with E-state index in [-0.39, 0.29) is 11.9 Å². The molecular weight excluding hydrogens is 318 g/mol. The number of fused-ring (bicyclic) bond motifs is 1. The SMILES string of the molecule is COc1cccc2cccc(C(=O)Nc3ncn(CCN(C)C)n3)c12. The fraction of sp³-hybridized carbons (Fsp3) is 0.278. The van der Waals surface area contributed by atoms with Crippen LogP contribution in [0, 0.1) is 0 Å². The molecule has 0 radical (unpaired) electrons. The van der Waals surface area contributed by atoms with E-state index in [9.17, 15) is 4.79 Å². The van der Waals surface area contributed by atoms with Crippen LogP contribution in [-0.4, -0.2) is 53.3 Å². The van der Waals surface area contributed by atoms with E-state index in [0.29, 0.717) is 17.9 Å². The first kappa shape index (κ1) is 16.9. The van der Waals surface area contributed by atoms with Gasteiger partial charge in [-0.3, -0.25) is 10.1 Å². The minimum atomic E-state index is -0.263. The van der Waals surface area contributed by atoms with E-state index < -0.39 is 0 Å². The molecule has 1 N–H and O–H groups in total. The van der Waals surface area contributed by atoms with E-state index in [4.69, 9.17) is 4.74 Å². The minimum Gasteiger partial charge on any atom is -0.496 e. The monoisotopic (exact) mass is 339 g/mol. The number of aromatic nitrogens is 3. The van der Waals surface area contributed by atoms with Crippen molar-refractivity contribution < 1.29 is 9.53 Å². The molecule has 3 aromatic rings. The summed E-state index contributed by atoms with van der Waals surface area (Å²) in [6.45, 7) is 1.55. The number of anilines is 1. The molecule has 130 valence electrons. The largest absolute Gasteiger partial charge is 0.496 e. The lowest BCUT2D eigenvalue weighted by Crippen LogP contribution is -2.19.